The molecular formula is C18H25N3O3S. The molecule has 2 rings (SSSR count). The number of amides is 3. The fourth-order valence-electron chi connectivity index (χ4n) is 2.85. The standard InChI is InChI=1S/C18H25N3O3S/c1-18(10-8-15(22)20-18)11-9-17(24)21(2)12-16(23)19-13-6-4-5-7-14(13)25-3/h4-7H,8-12H2,1-3H3,(H,19,23)(H,20,22). The van der Waals surface area contributed by atoms with E-state index in [9.17, 15) is 14.4 Å². The van der Waals surface area contributed by atoms with Gasteiger partial charge in [-0.3, -0.25) is 14.4 Å². The van der Waals surface area contributed by atoms with Crippen molar-refractivity contribution >= 4 is 35.2 Å². The number of thioether (sulfide) groups is 1. The largest absolute Gasteiger partial charge is 0.351 e. The van der Waals surface area contributed by atoms with E-state index < -0.39 is 0 Å². The minimum Gasteiger partial charge on any atom is -0.351 e. The Bertz CT molecular complexity index is 665. The fourth-order valence-corrected chi connectivity index (χ4v) is 3.41. The van der Waals surface area contributed by atoms with Crippen molar-refractivity contribution in [3.8, 4) is 0 Å². The van der Waals surface area contributed by atoms with Crippen molar-refractivity contribution < 1.29 is 14.4 Å². The molecule has 0 aliphatic carbocycles. The number of para-hydroxylation sites is 1. The zero-order valence-corrected chi connectivity index (χ0v) is 15.7. The predicted molar refractivity (Wildman–Crippen MR) is 99.5 cm³/mol. The second kappa shape index (κ2) is 8.38. The monoisotopic (exact) mass is 363 g/mol. The first-order valence-electron chi connectivity index (χ1n) is 8.31. The number of benzene rings is 1. The molecule has 1 heterocycles. The van der Waals surface area contributed by atoms with Crippen molar-refractivity contribution in [2.24, 2.45) is 0 Å². The molecule has 3 amide bonds. The van der Waals surface area contributed by atoms with Crippen LogP contribution >= 0.6 is 11.8 Å². The normalized spacial score (nSPS) is 19.4. The summed E-state index contributed by atoms with van der Waals surface area (Å²) in [6.45, 7) is 1.96. The van der Waals surface area contributed by atoms with Crippen LogP contribution in [0.5, 0.6) is 0 Å². The number of likely N-dealkylation sites (N-methyl/N-ethyl adjacent to an activating group) is 1. The van der Waals surface area contributed by atoms with Crippen molar-refractivity contribution in [2.75, 3.05) is 25.2 Å². The Balaban J connectivity index is 1.82. The summed E-state index contributed by atoms with van der Waals surface area (Å²) in [6.07, 6.45) is 4.09. The average molecular weight is 363 g/mol. The lowest BCUT2D eigenvalue weighted by Gasteiger charge is -2.25. The van der Waals surface area contributed by atoms with Gasteiger partial charge in [0.25, 0.3) is 0 Å². The summed E-state index contributed by atoms with van der Waals surface area (Å²) in [5, 5.41) is 5.77. The Morgan fingerprint density at radius 3 is 2.72 bits per heavy atom. The highest BCUT2D eigenvalue weighted by atomic mass is 32.2. The van der Waals surface area contributed by atoms with E-state index in [1.54, 1.807) is 18.8 Å². The highest BCUT2D eigenvalue weighted by molar-refractivity contribution is 7.98. The maximum absolute atomic E-state index is 12.3. The van der Waals surface area contributed by atoms with Crippen molar-refractivity contribution in [3.63, 3.8) is 0 Å². The lowest BCUT2D eigenvalue weighted by atomic mass is 9.94. The molecule has 0 spiro atoms. The molecule has 1 aromatic carbocycles. The third kappa shape index (κ3) is 5.49. The first-order chi connectivity index (χ1) is 11.8. The first-order valence-corrected chi connectivity index (χ1v) is 9.53. The molecule has 1 aliphatic rings. The van der Waals surface area contributed by atoms with Gasteiger partial charge in [0.2, 0.25) is 17.7 Å². The SMILES string of the molecule is CSc1ccccc1NC(=O)CN(C)C(=O)CCC1(C)CCC(=O)N1. The fraction of sp³-hybridized carbons (Fsp3) is 0.500. The van der Waals surface area contributed by atoms with Gasteiger partial charge in [0.15, 0.2) is 0 Å². The van der Waals surface area contributed by atoms with Gasteiger partial charge in [-0.05, 0) is 38.2 Å². The molecule has 0 bridgehead atoms. The number of hydrogen-bond acceptors (Lipinski definition) is 4. The molecule has 0 aromatic heterocycles. The van der Waals surface area contributed by atoms with Crippen LogP contribution in [0.15, 0.2) is 29.2 Å². The molecule has 1 aliphatic heterocycles. The number of nitrogens with zero attached hydrogens (tertiary/aromatic N) is 1. The maximum Gasteiger partial charge on any atom is 0.244 e. The summed E-state index contributed by atoms with van der Waals surface area (Å²) < 4.78 is 0. The molecule has 6 nitrogen and oxygen atoms in total. The summed E-state index contributed by atoms with van der Waals surface area (Å²) in [4.78, 5) is 38.2. The summed E-state index contributed by atoms with van der Waals surface area (Å²) in [7, 11) is 1.62. The van der Waals surface area contributed by atoms with Crippen LogP contribution in [-0.2, 0) is 14.4 Å². The van der Waals surface area contributed by atoms with E-state index in [1.807, 2.05) is 37.4 Å². The molecule has 1 atom stereocenters. The number of carbonyl (C=O) groups excluding carboxylic acids is 3. The minimum absolute atomic E-state index is 0.00459. The van der Waals surface area contributed by atoms with Gasteiger partial charge in [-0.25, -0.2) is 0 Å². The lowest BCUT2D eigenvalue weighted by molar-refractivity contribution is -0.133. The van der Waals surface area contributed by atoms with E-state index in [0.717, 1.165) is 17.0 Å². The van der Waals surface area contributed by atoms with Crippen molar-refractivity contribution in [2.45, 2.75) is 43.0 Å². The third-order valence-electron chi connectivity index (χ3n) is 4.42. The number of anilines is 1. The first kappa shape index (κ1) is 19.3. The van der Waals surface area contributed by atoms with Crippen LogP contribution in [0.1, 0.15) is 32.6 Å². The third-order valence-corrected chi connectivity index (χ3v) is 5.22. The Morgan fingerprint density at radius 2 is 2.08 bits per heavy atom. The Morgan fingerprint density at radius 1 is 1.36 bits per heavy atom. The summed E-state index contributed by atoms with van der Waals surface area (Å²) in [5.41, 5.74) is 0.440. The van der Waals surface area contributed by atoms with E-state index >= 15 is 0 Å². The average Bonchev–Trinajstić information content (AvgIpc) is 2.92. The van der Waals surface area contributed by atoms with Crippen LogP contribution in [0.4, 0.5) is 5.69 Å². The number of rotatable bonds is 7. The quantitative estimate of drug-likeness (QED) is 0.729. The smallest absolute Gasteiger partial charge is 0.244 e. The van der Waals surface area contributed by atoms with Gasteiger partial charge in [0.05, 0.1) is 12.2 Å². The molecule has 1 saturated heterocycles. The van der Waals surface area contributed by atoms with E-state index in [2.05, 4.69) is 10.6 Å². The number of carbonyl (C=O) groups is 3. The van der Waals surface area contributed by atoms with Crippen molar-refractivity contribution in [1.29, 1.82) is 0 Å². The van der Waals surface area contributed by atoms with Crippen LogP contribution in [0.3, 0.4) is 0 Å². The summed E-state index contributed by atoms with van der Waals surface area (Å²) in [6, 6.07) is 7.56. The molecule has 7 heteroatoms. The highest BCUT2D eigenvalue weighted by Gasteiger charge is 2.33. The maximum atomic E-state index is 12.3. The van der Waals surface area contributed by atoms with Gasteiger partial charge in [-0.2, -0.15) is 0 Å². The zero-order chi connectivity index (χ0) is 18.4. The topological polar surface area (TPSA) is 78.5 Å². The number of nitrogens with one attached hydrogen (secondary N) is 2. The predicted octanol–water partition coefficient (Wildman–Crippen LogP) is 2.25. The van der Waals surface area contributed by atoms with Gasteiger partial charge in [0, 0.05) is 30.3 Å². The van der Waals surface area contributed by atoms with Crippen LogP contribution in [0.25, 0.3) is 0 Å². The van der Waals surface area contributed by atoms with Crippen LogP contribution in [-0.4, -0.2) is 48.0 Å². The van der Waals surface area contributed by atoms with Crippen LogP contribution in [0.2, 0.25) is 0 Å². The second-order valence-corrected chi connectivity index (χ2v) is 7.46. The van der Waals surface area contributed by atoms with E-state index in [0.29, 0.717) is 19.3 Å². The summed E-state index contributed by atoms with van der Waals surface area (Å²) in [5.74, 6) is -0.288. The van der Waals surface area contributed by atoms with Gasteiger partial charge >= 0.3 is 0 Å². The van der Waals surface area contributed by atoms with E-state index in [4.69, 9.17) is 0 Å². The second-order valence-electron chi connectivity index (χ2n) is 6.61. The van der Waals surface area contributed by atoms with Gasteiger partial charge in [0.1, 0.15) is 0 Å². The molecule has 1 aromatic rings. The summed E-state index contributed by atoms with van der Waals surface area (Å²) >= 11 is 1.55. The molecule has 0 saturated carbocycles. The Labute approximate surface area is 152 Å². The molecule has 1 fully saturated rings. The van der Waals surface area contributed by atoms with Gasteiger partial charge in [-0.1, -0.05) is 12.1 Å². The molecule has 1 unspecified atom stereocenters. The van der Waals surface area contributed by atoms with Crippen LogP contribution in [0, 0.1) is 0 Å². The van der Waals surface area contributed by atoms with Gasteiger partial charge in [-0.15, -0.1) is 11.8 Å². The lowest BCUT2D eigenvalue weighted by Crippen LogP contribution is -2.40. The van der Waals surface area contributed by atoms with Crippen molar-refractivity contribution in [3.05, 3.63) is 24.3 Å². The molecule has 2 N–H and O–H groups in total. The van der Waals surface area contributed by atoms with E-state index in [1.165, 1.54) is 4.90 Å². The molecule has 0 radical (unpaired) electrons. The number of hydrogen-bond donors (Lipinski definition) is 2. The Hall–Kier alpha value is -2.02. The highest BCUT2D eigenvalue weighted by Crippen LogP contribution is 2.25. The van der Waals surface area contributed by atoms with Gasteiger partial charge < -0.3 is 15.5 Å². The molecule has 25 heavy (non-hydrogen) atoms. The molecule has 136 valence electrons. The van der Waals surface area contributed by atoms with E-state index in [-0.39, 0.29) is 29.8 Å². The zero-order valence-electron chi connectivity index (χ0n) is 14.9. The van der Waals surface area contributed by atoms with Crippen LogP contribution < -0.4 is 10.6 Å². The molecular weight excluding hydrogens is 338 g/mol. The Kier molecular flexibility index (Phi) is 6.47. The minimum atomic E-state index is -0.312. The van der Waals surface area contributed by atoms with Crippen molar-refractivity contribution in [1.82, 2.24) is 10.2 Å².